The minimum absolute atomic E-state index is 0.235. The molecular weight excluding hydrogens is 414 g/mol. The van der Waals surface area contributed by atoms with E-state index in [4.69, 9.17) is 4.74 Å². The van der Waals surface area contributed by atoms with Gasteiger partial charge < -0.3 is 10.1 Å². The van der Waals surface area contributed by atoms with Crippen molar-refractivity contribution in [3.05, 3.63) is 112 Å². The molecule has 33 heavy (non-hydrogen) atoms. The Hall–Kier alpha value is -4.45. The van der Waals surface area contributed by atoms with Crippen LogP contribution in [-0.2, 0) is 4.79 Å². The van der Waals surface area contributed by atoms with Crippen LogP contribution in [0.5, 0.6) is 5.75 Å². The van der Waals surface area contributed by atoms with Gasteiger partial charge >= 0.3 is 0 Å². The Labute approximate surface area is 191 Å². The zero-order valence-corrected chi connectivity index (χ0v) is 18.1. The highest BCUT2D eigenvalue weighted by Crippen LogP contribution is 2.24. The van der Waals surface area contributed by atoms with Crippen LogP contribution in [0.4, 0.5) is 5.69 Å². The number of carbonyl (C=O) groups is 1. The molecular formula is C27H23N3O3. The summed E-state index contributed by atoms with van der Waals surface area (Å²) in [5, 5.41) is 9.46. The Kier molecular flexibility index (Phi) is 6.75. The van der Waals surface area contributed by atoms with Gasteiger partial charge in [0.15, 0.2) is 0 Å². The average molecular weight is 437 g/mol. The summed E-state index contributed by atoms with van der Waals surface area (Å²) < 4.78 is 5.51. The Morgan fingerprint density at radius 1 is 0.970 bits per heavy atom. The molecule has 1 aromatic heterocycles. The number of nitrogens with zero attached hydrogens (tertiary/aromatic N) is 1. The third-order valence-corrected chi connectivity index (χ3v) is 4.93. The van der Waals surface area contributed by atoms with Crippen molar-refractivity contribution < 1.29 is 9.53 Å². The summed E-state index contributed by atoms with van der Waals surface area (Å²) in [6.07, 6.45) is 1.85. The molecule has 0 saturated carbocycles. The molecule has 0 aliphatic carbocycles. The predicted molar refractivity (Wildman–Crippen MR) is 131 cm³/mol. The fraction of sp³-hybridized carbons (Fsp3) is 0.0741. The summed E-state index contributed by atoms with van der Waals surface area (Å²) in [7, 11) is 0. The number of hydrogen-bond donors (Lipinski definition) is 2. The first-order valence-corrected chi connectivity index (χ1v) is 10.6. The molecule has 0 bridgehead atoms. The molecule has 0 spiro atoms. The van der Waals surface area contributed by atoms with Gasteiger partial charge in [0.2, 0.25) is 0 Å². The van der Waals surface area contributed by atoms with Crippen LogP contribution in [0, 0.1) is 0 Å². The second kappa shape index (κ2) is 10.2. The molecule has 1 heterocycles. The number of ether oxygens (including phenoxy) is 1. The van der Waals surface area contributed by atoms with Gasteiger partial charge in [0.05, 0.1) is 12.3 Å². The number of anilines is 1. The van der Waals surface area contributed by atoms with E-state index < -0.39 is 0 Å². The molecule has 4 rings (SSSR count). The molecule has 3 aromatic carbocycles. The monoisotopic (exact) mass is 437 g/mol. The van der Waals surface area contributed by atoms with Gasteiger partial charge in [-0.05, 0) is 54.5 Å². The summed E-state index contributed by atoms with van der Waals surface area (Å²) in [5.74, 6) is 0.551. The smallest absolute Gasteiger partial charge is 0.264 e. The summed E-state index contributed by atoms with van der Waals surface area (Å²) in [4.78, 5) is 24.6. The van der Waals surface area contributed by atoms with Crippen LogP contribution in [0.1, 0.15) is 18.1 Å². The second-order valence-electron chi connectivity index (χ2n) is 7.27. The molecule has 0 radical (unpaired) electrons. The number of nitrogens with one attached hydrogen (secondary N) is 2. The maximum Gasteiger partial charge on any atom is 0.264 e. The molecule has 6 nitrogen and oxygen atoms in total. The predicted octanol–water partition coefficient (Wildman–Crippen LogP) is 5.01. The number of hydrogen-bond acceptors (Lipinski definition) is 4. The van der Waals surface area contributed by atoms with Crippen LogP contribution in [0.3, 0.4) is 0 Å². The van der Waals surface area contributed by atoms with Gasteiger partial charge in [-0.25, -0.2) is 5.10 Å². The van der Waals surface area contributed by atoms with Crippen LogP contribution < -0.4 is 15.6 Å². The van der Waals surface area contributed by atoms with Gasteiger partial charge in [-0.15, -0.1) is 0 Å². The van der Waals surface area contributed by atoms with E-state index >= 15 is 0 Å². The standard InChI is InChI=1S/C27H23N3O3/c1-2-33-23-13-11-19(12-14-23)17-24(20-7-4-3-5-8-20)27(32)28-22-10-6-9-21(18-22)25-15-16-26(31)30-29-25/h3-18H,2H2,1H3,(H,28,32)(H,30,31)/b24-17+. The second-order valence-corrected chi connectivity index (χ2v) is 7.27. The van der Waals surface area contributed by atoms with Crippen LogP contribution in [0.2, 0.25) is 0 Å². The summed E-state index contributed by atoms with van der Waals surface area (Å²) in [6, 6.07) is 27.5. The van der Waals surface area contributed by atoms with E-state index in [-0.39, 0.29) is 11.5 Å². The van der Waals surface area contributed by atoms with Crippen molar-refractivity contribution in [1.29, 1.82) is 0 Å². The normalized spacial score (nSPS) is 11.1. The van der Waals surface area contributed by atoms with Gasteiger partial charge in [0, 0.05) is 22.9 Å². The maximum atomic E-state index is 13.3. The van der Waals surface area contributed by atoms with Crippen molar-refractivity contribution >= 4 is 23.2 Å². The first-order chi connectivity index (χ1) is 16.1. The van der Waals surface area contributed by atoms with Gasteiger partial charge in [0.25, 0.3) is 11.5 Å². The minimum atomic E-state index is -0.268. The Morgan fingerprint density at radius 3 is 2.45 bits per heavy atom. The van der Waals surface area contributed by atoms with E-state index in [2.05, 4.69) is 15.5 Å². The summed E-state index contributed by atoms with van der Waals surface area (Å²) in [6.45, 7) is 2.54. The lowest BCUT2D eigenvalue weighted by Gasteiger charge is -2.11. The molecule has 0 aliphatic rings. The van der Waals surface area contributed by atoms with Crippen LogP contribution >= 0.6 is 0 Å². The first kappa shape index (κ1) is 21.8. The van der Waals surface area contributed by atoms with Crippen molar-refractivity contribution in [2.75, 3.05) is 11.9 Å². The lowest BCUT2D eigenvalue weighted by molar-refractivity contribution is -0.111. The van der Waals surface area contributed by atoms with E-state index in [1.807, 2.05) is 91.9 Å². The highest BCUT2D eigenvalue weighted by atomic mass is 16.5. The molecule has 0 saturated heterocycles. The Balaban J connectivity index is 1.63. The SMILES string of the molecule is CCOc1ccc(/C=C(/C(=O)Nc2cccc(-c3ccc(=O)[nH]n3)c2)c2ccccc2)cc1. The van der Waals surface area contributed by atoms with Gasteiger partial charge in [0.1, 0.15) is 5.75 Å². The van der Waals surface area contributed by atoms with Crippen molar-refractivity contribution in [3.8, 4) is 17.0 Å². The van der Waals surface area contributed by atoms with E-state index in [1.165, 1.54) is 6.07 Å². The van der Waals surface area contributed by atoms with Crippen LogP contribution in [0.15, 0.2) is 95.8 Å². The highest BCUT2D eigenvalue weighted by Gasteiger charge is 2.13. The van der Waals surface area contributed by atoms with Crippen molar-refractivity contribution in [2.24, 2.45) is 0 Å². The molecule has 0 aliphatic heterocycles. The number of aromatic nitrogens is 2. The van der Waals surface area contributed by atoms with E-state index in [0.717, 1.165) is 22.4 Å². The van der Waals surface area contributed by atoms with Gasteiger partial charge in [-0.2, -0.15) is 5.10 Å². The lowest BCUT2D eigenvalue weighted by Crippen LogP contribution is -2.13. The zero-order chi connectivity index (χ0) is 23.0. The fourth-order valence-corrected chi connectivity index (χ4v) is 3.35. The lowest BCUT2D eigenvalue weighted by atomic mass is 10.0. The van der Waals surface area contributed by atoms with Crippen LogP contribution in [-0.4, -0.2) is 22.7 Å². The summed E-state index contributed by atoms with van der Waals surface area (Å²) >= 11 is 0. The van der Waals surface area contributed by atoms with Crippen LogP contribution in [0.25, 0.3) is 22.9 Å². The van der Waals surface area contributed by atoms with E-state index in [0.29, 0.717) is 23.6 Å². The molecule has 0 atom stereocenters. The largest absolute Gasteiger partial charge is 0.494 e. The van der Waals surface area contributed by atoms with Gasteiger partial charge in [-0.3, -0.25) is 9.59 Å². The number of amides is 1. The maximum absolute atomic E-state index is 13.3. The van der Waals surface area contributed by atoms with E-state index in [9.17, 15) is 9.59 Å². The molecule has 0 fully saturated rings. The van der Waals surface area contributed by atoms with Crippen molar-refractivity contribution in [3.63, 3.8) is 0 Å². The summed E-state index contributed by atoms with van der Waals surface area (Å²) in [5.41, 5.74) is 3.97. The third kappa shape index (κ3) is 5.62. The Bertz CT molecular complexity index is 1310. The topological polar surface area (TPSA) is 84.1 Å². The quantitative estimate of drug-likeness (QED) is 0.314. The van der Waals surface area contributed by atoms with E-state index in [1.54, 1.807) is 6.07 Å². The number of benzene rings is 3. The van der Waals surface area contributed by atoms with Crippen molar-refractivity contribution in [2.45, 2.75) is 6.92 Å². The van der Waals surface area contributed by atoms with Crippen molar-refractivity contribution in [1.82, 2.24) is 10.2 Å². The third-order valence-electron chi connectivity index (χ3n) is 4.93. The molecule has 2 N–H and O–H groups in total. The molecule has 164 valence electrons. The molecule has 4 aromatic rings. The first-order valence-electron chi connectivity index (χ1n) is 10.6. The molecule has 0 unspecified atom stereocenters. The molecule has 6 heteroatoms. The van der Waals surface area contributed by atoms with Gasteiger partial charge in [-0.1, -0.05) is 54.6 Å². The number of rotatable bonds is 7. The highest BCUT2D eigenvalue weighted by molar-refractivity contribution is 6.29. The molecule has 1 amide bonds. The number of carbonyl (C=O) groups excluding carboxylic acids is 1. The minimum Gasteiger partial charge on any atom is -0.494 e. The number of aromatic amines is 1. The number of H-pyrrole nitrogens is 1. The average Bonchev–Trinajstić information content (AvgIpc) is 2.85. The Morgan fingerprint density at radius 2 is 1.76 bits per heavy atom. The fourth-order valence-electron chi connectivity index (χ4n) is 3.35. The zero-order valence-electron chi connectivity index (χ0n) is 18.1.